The summed E-state index contributed by atoms with van der Waals surface area (Å²) in [5.74, 6) is 0.627. The van der Waals surface area contributed by atoms with Gasteiger partial charge in [-0.2, -0.15) is 0 Å². The van der Waals surface area contributed by atoms with Crippen molar-refractivity contribution in [3.05, 3.63) is 71.0 Å². The zero-order chi connectivity index (χ0) is 19.5. The first-order valence-corrected chi connectivity index (χ1v) is 9.15. The minimum absolute atomic E-state index is 0.124. The van der Waals surface area contributed by atoms with Gasteiger partial charge in [-0.05, 0) is 41.8 Å². The highest BCUT2D eigenvalue weighted by atomic mass is 16.5. The molecule has 0 radical (unpaired) electrons. The highest BCUT2D eigenvalue weighted by Crippen LogP contribution is 2.23. The molecule has 0 unspecified atom stereocenters. The summed E-state index contributed by atoms with van der Waals surface area (Å²) in [6.45, 7) is 1.49. The van der Waals surface area contributed by atoms with Crippen LogP contribution in [-0.2, 0) is 24.3 Å². The third-order valence-electron chi connectivity index (χ3n) is 4.98. The van der Waals surface area contributed by atoms with Gasteiger partial charge in [0.25, 0.3) is 5.91 Å². The molecule has 0 aliphatic carbocycles. The molecule has 3 aromatic rings. The lowest BCUT2D eigenvalue weighted by atomic mass is 9.99. The summed E-state index contributed by atoms with van der Waals surface area (Å²) in [5.41, 5.74) is 4.24. The van der Waals surface area contributed by atoms with Gasteiger partial charge in [0, 0.05) is 20.2 Å². The molecule has 0 atom stereocenters. The van der Waals surface area contributed by atoms with Crippen LogP contribution in [0.5, 0.6) is 5.75 Å². The molecule has 4 rings (SSSR count). The van der Waals surface area contributed by atoms with Crippen LogP contribution in [-0.4, -0.2) is 46.6 Å². The highest BCUT2D eigenvalue weighted by molar-refractivity contribution is 5.93. The van der Waals surface area contributed by atoms with Crippen molar-refractivity contribution in [2.24, 2.45) is 0 Å². The fraction of sp³-hybridized carbons (Fsp3) is 0.286. The summed E-state index contributed by atoms with van der Waals surface area (Å²) in [5, 5.41) is 8.41. The molecule has 0 saturated heterocycles. The molecule has 7 heteroatoms. The number of hydrogen-bond donors (Lipinski definition) is 0. The van der Waals surface area contributed by atoms with Gasteiger partial charge in [0.05, 0.1) is 19.4 Å². The smallest absolute Gasteiger partial charge is 0.276 e. The molecule has 0 bridgehead atoms. The van der Waals surface area contributed by atoms with Crippen molar-refractivity contribution in [3.8, 4) is 11.4 Å². The Labute approximate surface area is 163 Å². The van der Waals surface area contributed by atoms with E-state index in [1.165, 1.54) is 11.1 Å². The number of nitrogens with zero attached hydrogens (tertiary/aromatic N) is 4. The molecule has 0 fully saturated rings. The summed E-state index contributed by atoms with van der Waals surface area (Å²) >= 11 is 0. The molecular formula is C21H22N4O3. The van der Waals surface area contributed by atoms with Crippen molar-refractivity contribution in [1.29, 1.82) is 0 Å². The summed E-state index contributed by atoms with van der Waals surface area (Å²) in [7, 11) is 3.21. The Balaban J connectivity index is 1.64. The van der Waals surface area contributed by atoms with Gasteiger partial charge in [0.2, 0.25) is 0 Å². The number of methoxy groups -OCH3 is 2. The normalized spacial score (nSPS) is 13.3. The van der Waals surface area contributed by atoms with Gasteiger partial charge in [-0.25, -0.2) is 4.68 Å². The van der Waals surface area contributed by atoms with Crippen molar-refractivity contribution in [1.82, 2.24) is 19.9 Å². The second-order valence-electron chi connectivity index (χ2n) is 6.67. The third kappa shape index (κ3) is 3.36. The second-order valence-corrected chi connectivity index (χ2v) is 6.67. The number of rotatable bonds is 5. The van der Waals surface area contributed by atoms with E-state index in [1.807, 2.05) is 41.3 Å². The molecule has 0 saturated carbocycles. The van der Waals surface area contributed by atoms with Gasteiger partial charge in [-0.15, -0.1) is 5.10 Å². The van der Waals surface area contributed by atoms with E-state index in [-0.39, 0.29) is 12.5 Å². The van der Waals surface area contributed by atoms with Crippen molar-refractivity contribution in [3.63, 3.8) is 0 Å². The van der Waals surface area contributed by atoms with Crippen LogP contribution in [0.15, 0.2) is 48.5 Å². The zero-order valence-electron chi connectivity index (χ0n) is 16.0. The quantitative estimate of drug-likeness (QED) is 0.683. The summed E-state index contributed by atoms with van der Waals surface area (Å²) in [6, 6.07) is 15.7. The topological polar surface area (TPSA) is 69.5 Å². The molecule has 1 amide bonds. The van der Waals surface area contributed by atoms with Crippen molar-refractivity contribution < 1.29 is 14.3 Å². The minimum Gasteiger partial charge on any atom is -0.497 e. The third-order valence-corrected chi connectivity index (χ3v) is 4.98. The van der Waals surface area contributed by atoms with Crippen molar-refractivity contribution >= 4 is 5.91 Å². The number of ether oxygens (including phenoxy) is 2. The molecule has 1 aliphatic heterocycles. The Morgan fingerprint density at radius 3 is 2.54 bits per heavy atom. The molecule has 2 heterocycles. The molecule has 7 nitrogen and oxygen atoms in total. The van der Waals surface area contributed by atoms with Gasteiger partial charge in [-0.1, -0.05) is 29.5 Å². The van der Waals surface area contributed by atoms with E-state index < -0.39 is 0 Å². The Hall–Kier alpha value is -3.19. The highest BCUT2D eigenvalue weighted by Gasteiger charge is 2.27. The average molecular weight is 378 g/mol. The summed E-state index contributed by atoms with van der Waals surface area (Å²) < 4.78 is 12.2. The number of benzene rings is 2. The summed E-state index contributed by atoms with van der Waals surface area (Å²) in [6.07, 6.45) is 0.841. The van der Waals surface area contributed by atoms with Crippen molar-refractivity contribution in [2.45, 2.75) is 19.6 Å². The van der Waals surface area contributed by atoms with E-state index in [1.54, 1.807) is 18.9 Å². The van der Waals surface area contributed by atoms with Gasteiger partial charge in [0.15, 0.2) is 5.69 Å². The van der Waals surface area contributed by atoms with Crippen LogP contribution in [0.1, 0.15) is 27.3 Å². The maximum Gasteiger partial charge on any atom is 0.276 e. The number of aromatic nitrogens is 3. The Kier molecular flexibility index (Phi) is 5.08. The number of carbonyl (C=O) groups excluding carboxylic acids is 1. The van der Waals surface area contributed by atoms with Gasteiger partial charge < -0.3 is 14.4 Å². The maximum atomic E-state index is 13.2. The Morgan fingerprint density at radius 1 is 1.07 bits per heavy atom. The van der Waals surface area contributed by atoms with Gasteiger partial charge >= 0.3 is 0 Å². The van der Waals surface area contributed by atoms with Crippen molar-refractivity contribution in [2.75, 3.05) is 20.8 Å². The van der Waals surface area contributed by atoms with Crippen LogP contribution in [0, 0.1) is 0 Å². The van der Waals surface area contributed by atoms with E-state index in [2.05, 4.69) is 22.4 Å². The van der Waals surface area contributed by atoms with Crippen LogP contribution in [0.3, 0.4) is 0 Å². The number of hydrogen-bond acceptors (Lipinski definition) is 5. The molecule has 0 spiro atoms. The predicted octanol–water partition coefficient (Wildman–Crippen LogP) is 2.62. The second kappa shape index (κ2) is 7.82. The number of fused-ring (bicyclic) bond motifs is 1. The van der Waals surface area contributed by atoms with Crippen LogP contribution in [0.2, 0.25) is 0 Å². The lowest BCUT2D eigenvalue weighted by Crippen LogP contribution is -2.36. The van der Waals surface area contributed by atoms with E-state index in [0.29, 0.717) is 24.5 Å². The molecule has 2 aromatic carbocycles. The lowest BCUT2D eigenvalue weighted by Gasteiger charge is -2.28. The van der Waals surface area contributed by atoms with E-state index in [9.17, 15) is 4.79 Å². The van der Waals surface area contributed by atoms with Crippen LogP contribution >= 0.6 is 0 Å². The van der Waals surface area contributed by atoms with Gasteiger partial charge in [0.1, 0.15) is 11.4 Å². The standard InChI is InChI=1S/C21H22N4O3/c1-27-14-19-20(22-23-25(19)17-7-9-18(28-2)10-8-17)21(26)24-12-11-15-5-3-4-6-16(15)13-24/h3-10H,11-14H2,1-2H3. The molecule has 1 aromatic heterocycles. The van der Waals surface area contributed by atoms with E-state index in [4.69, 9.17) is 9.47 Å². The largest absolute Gasteiger partial charge is 0.497 e. The monoisotopic (exact) mass is 378 g/mol. The molecule has 144 valence electrons. The Bertz CT molecular complexity index is 982. The number of carbonyl (C=O) groups is 1. The van der Waals surface area contributed by atoms with E-state index >= 15 is 0 Å². The SMILES string of the molecule is COCc1c(C(=O)N2CCc3ccccc3C2)nnn1-c1ccc(OC)cc1. The first kappa shape index (κ1) is 18.2. The van der Waals surface area contributed by atoms with Crippen LogP contribution in [0.4, 0.5) is 0 Å². The van der Waals surface area contributed by atoms with Gasteiger partial charge in [-0.3, -0.25) is 4.79 Å². The summed E-state index contributed by atoms with van der Waals surface area (Å²) in [4.78, 5) is 15.0. The molecule has 1 aliphatic rings. The van der Waals surface area contributed by atoms with Crippen LogP contribution < -0.4 is 4.74 Å². The average Bonchev–Trinajstić information content (AvgIpc) is 3.16. The van der Waals surface area contributed by atoms with Crippen LogP contribution in [0.25, 0.3) is 5.69 Å². The minimum atomic E-state index is -0.124. The van der Waals surface area contributed by atoms with E-state index in [0.717, 1.165) is 17.9 Å². The Morgan fingerprint density at radius 2 is 1.82 bits per heavy atom. The predicted molar refractivity (Wildman–Crippen MR) is 104 cm³/mol. The molecule has 28 heavy (non-hydrogen) atoms. The lowest BCUT2D eigenvalue weighted by molar-refractivity contribution is 0.0723. The first-order chi connectivity index (χ1) is 13.7. The fourth-order valence-corrected chi connectivity index (χ4v) is 3.48. The molecule has 0 N–H and O–H groups in total. The number of amides is 1. The molecular weight excluding hydrogens is 356 g/mol. The zero-order valence-corrected chi connectivity index (χ0v) is 16.0. The fourth-order valence-electron chi connectivity index (χ4n) is 3.48. The first-order valence-electron chi connectivity index (χ1n) is 9.15. The maximum absolute atomic E-state index is 13.2.